The first-order valence-electron chi connectivity index (χ1n) is 7.71. The molecule has 3 nitrogen and oxygen atoms in total. The van der Waals surface area contributed by atoms with Crippen molar-refractivity contribution in [2.24, 2.45) is 5.10 Å². The lowest BCUT2D eigenvalue weighted by molar-refractivity contribution is 0.578. The highest BCUT2D eigenvalue weighted by Gasteiger charge is 2.09. The zero-order chi connectivity index (χ0) is 15.2. The van der Waals surface area contributed by atoms with Crippen LogP contribution in [0.25, 0.3) is 0 Å². The second-order valence-corrected chi connectivity index (χ2v) is 5.52. The van der Waals surface area contributed by atoms with E-state index in [-0.39, 0.29) is 5.82 Å². The van der Waals surface area contributed by atoms with E-state index in [1.54, 1.807) is 18.3 Å². The van der Waals surface area contributed by atoms with Gasteiger partial charge in [0.05, 0.1) is 11.9 Å². The van der Waals surface area contributed by atoms with Crippen LogP contribution in [0.15, 0.2) is 53.6 Å². The first-order valence-corrected chi connectivity index (χ1v) is 7.71. The number of hydrazone groups is 1. The molecular formula is C18H20FN3. The van der Waals surface area contributed by atoms with E-state index in [0.717, 1.165) is 24.3 Å². The third-order valence-corrected chi connectivity index (χ3v) is 3.87. The predicted molar refractivity (Wildman–Crippen MR) is 90.1 cm³/mol. The van der Waals surface area contributed by atoms with Crippen molar-refractivity contribution in [3.8, 4) is 0 Å². The molecule has 0 radical (unpaired) electrons. The average Bonchev–Trinajstić information content (AvgIpc) is 2.58. The molecule has 22 heavy (non-hydrogen) atoms. The molecule has 1 heterocycles. The molecule has 0 saturated carbocycles. The van der Waals surface area contributed by atoms with E-state index in [1.165, 1.54) is 37.1 Å². The Kier molecular flexibility index (Phi) is 4.68. The van der Waals surface area contributed by atoms with Gasteiger partial charge in [-0.25, -0.2) is 4.39 Å². The van der Waals surface area contributed by atoms with Crippen LogP contribution < -0.4 is 10.3 Å². The Labute approximate surface area is 130 Å². The lowest BCUT2D eigenvalue weighted by Crippen LogP contribution is -2.29. The Morgan fingerprint density at radius 2 is 1.59 bits per heavy atom. The van der Waals surface area contributed by atoms with Gasteiger partial charge >= 0.3 is 0 Å². The number of hydrogen-bond acceptors (Lipinski definition) is 3. The van der Waals surface area contributed by atoms with E-state index in [9.17, 15) is 4.39 Å². The molecule has 0 aromatic heterocycles. The molecule has 0 aliphatic carbocycles. The molecule has 2 aromatic carbocycles. The van der Waals surface area contributed by atoms with Crippen LogP contribution in [0.4, 0.5) is 15.8 Å². The summed E-state index contributed by atoms with van der Waals surface area (Å²) in [6, 6.07) is 14.6. The number of piperidine rings is 1. The van der Waals surface area contributed by atoms with Gasteiger partial charge in [-0.15, -0.1) is 0 Å². The zero-order valence-electron chi connectivity index (χ0n) is 12.5. The molecule has 114 valence electrons. The standard InChI is InChI=1S/C18H20FN3/c19-16-6-8-17(9-7-16)21-20-14-15-4-10-18(11-5-15)22-12-2-1-3-13-22/h4-11,14,21H,1-3,12-13H2/b20-14-. The van der Waals surface area contributed by atoms with Crippen molar-refractivity contribution < 1.29 is 4.39 Å². The minimum atomic E-state index is -0.247. The summed E-state index contributed by atoms with van der Waals surface area (Å²) in [7, 11) is 0. The number of halogens is 1. The highest BCUT2D eigenvalue weighted by atomic mass is 19.1. The van der Waals surface area contributed by atoms with Crippen molar-refractivity contribution in [1.82, 2.24) is 0 Å². The number of rotatable bonds is 4. The highest BCUT2D eigenvalue weighted by Crippen LogP contribution is 2.19. The van der Waals surface area contributed by atoms with Crippen molar-refractivity contribution >= 4 is 17.6 Å². The van der Waals surface area contributed by atoms with Gasteiger partial charge in [-0.2, -0.15) is 5.10 Å². The highest BCUT2D eigenvalue weighted by molar-refractivity contribution is 5.81. The molecule has 4 heteroatoms. The lowest BCUT2D eigenvalue weighted by Gasteiger charge is -2.28. The predicted octanol–water partition coefficient (Wildman–Crippen LogP) is 4.26. The summed E-state index contributed by atoms with van der Waals surface area (Å²) in [6.45, 7) is 2.30. The van der Waals surface area contributed by atoms with Crippen molar-refractivity contribution in [3.63, 3.8) is 0 Å². The van der Waals surface area contributed by atoms with Gasteiger partial charge in [0, 0.05) is 18.8 Å². The Morgan fingerprint density at radius 1 is 0.909 bits per heavy atom. The van der Waals surface area contributed by atoms with Gasteiger partial charge in [0.1, 0.15) is 5.82 Å². The summed E-state index contributed by atoms with van der Waals surface area (Å²) in [5, 5.41) is 4.17. The third-order valence-electron chi connectivity index (χ3n) is 3.87. The van der Waals surface area contributed by atoms with E-state index in [1.807, 2.05) is 0 Å². The topological polar surface area (TPSA) is 27.6 Å². The third kappa shape index (κ3) is 3.85. The van der Waals surface area contributed by atoms with E-state index in [4.69, 9.17) is 0 Å². The monoisotopic (exact) mass is 297 g/mol. The average molecular weight is 297 g/mol. The van der Waals surface area contributed by atoms with Gasteiger partial charge in [0.25, 0.3) is 0 Å². The Morgan fingerprint density at radius 3 is 2.27 bits per heavy atom. The maximum absolute atomic E-state index is 12.8. The molecule has 1 saturated heterocycles. The van der Waals surface area contributed by atoms with Crippen LogP contribution in [-0.4, -0.2) is 19.3 Å². The molecule has 0 amide bonds. The first-order chi connectivity index (χ1) is 10.8. The summed E-state index contributed by atoms with van der Waals surface area (Å²) in [5.74, 6) is -0.247. The fourth-order valence-corrected chi connectivity index (χ4v) is 2.63. The van der Waals surface area contributed by atoms with Crippen LogP contribution in [0.3, 0.4) is 0 Å². The normalized spacial score (nSPS) is 15.2. The second-order valence-electron chi connectivity index (χ2n) is 5.52. The number of anilines is 2. The molecule has 1 N–H and O–H groups in total. The molecule has 0 unspecified atom stereocenters. The van der Waals surface area contributed by atoms with Crippen molar-refractivity contribution in [2.75, 3.05) is 23.4 Å². The molecule has 3 rings (SSSR count). The molecule has 0 spiro atoms. The van der Waals surface area contributed by atoms with Crippen LogP contribution in [0.2, 0.25) is 0 Å². The van der Waals surface area contributed by atoms with Crippen molar-refractivity contribution in [2.45, 2.75) is 19.3 Å². The van der Waals surface area contributed by atoms with E-state index >= 15 is 0 Å². The van der Waals surface area contributed by atoms with Crippen molar-refractivity contribution in [3.05, 3.63) is 59.9 Å². The fourth-order valence-electron chi connectivity index (χ4n) is 2.63. The van der Waals surface area contributed by atoms with Crippen LogP contribution in [0.1, 0.15) is 24.8 Å². The molecule has 0 atom stereocenters. The van der Waals surface area contributed by atoms with E-state index in [2.05, 4.69) is 39.7 Å². The van der Waals surface area contributed by atoms with Gasteiger partial charge in [-0.05, 0) is 61.2 Å². The summed E-state index contributed by atoms with van der Waals surface area (Å²) >= 11 is 0. The van der Waals surface area contributed by atoms with Gasteiger partial charge < -0.3 is 4.90 Å². The van der Waals surface area contributed by atoms with Gasteiger partial charge in [0.15, 0.2) is 0 Å². The van der Waals surface area contributed by atoms with Crippen molar-refractivity contribution in [1.29, 1.82) is 0 Å². The van der Waals surface area contributed by atoms with Gasteiger partial charge in [-0.1, -0.05) is 12.1 Å². The Balaban J connectivity index is 1.58. The Bertz CT molecular complexity index is 614. The lowest BCUT2D eigenvalue weighted by atomic mass is 10.1. The summed E-state index contributed by atoms with van der Waals surface area (Å²) in [4.78, 5) is 2.43. The molecule has 2 aromatic rings. The number of benzene rings is 2. The summed E-state index contributed by atoms with van der Waals surface area (Å²) < 4.78 is 12.8. The maximum Gasteiger partial charge on any atom is 0.123 e. The van der Waals surface area contributed by atoms with Gasteiger partial charge in [0.2, 0.25) is 0 Å². The molecular weight excluding hydrogens is 277 g/mol. The molecule has 1 aliphatic heterocycles. The quantitative estimate of drug-likeness (QED) is 0.674. The minimum Gasteiger partial charge on any atom is -0.372 e. The van der Waals surface area contributed by atoms with Crippen LogP contribution >= 0.6 is 0 Å². The number of nitrogens with one attached hydrogen (secondary N) is 1. The Hall–Kier alpha value is -2.36. The van der Waals surface area contributed by atoms with E-state index < -0.39 is 0 Å². The first kappa shape index (κ1) is 14.6. The van der Waals surface area contributed by atoms with E-state index in [0.29, 0.717) is 0 Å². The fraction of sp³-hybridized carbons (Fsp3) is 0.278. The SMILES string of the molecule is Fc1ccc(N/N=C\c2ccc(N3CCCCC3)cc2)cc1. The minimum absolute atomic E-state index is 0.247. The summed E-state index contributed by atoms with van der Waals surface area (Å²) in [6.07, 6.45) is 5.68. The zero-order valence-corrected chi connectivity index (χ0v) is 12.5. The number of nitrogens with zero attached hydrogens (tertiary/aromatic N) is 2. The van der Waals surface area contributed by atoms with Crippen LogP contribution in [0, 0.1) is 5.82 Å². The molecule has 1 fully saturated rings. The molecule has 1 aliphatic rings. The van der Waals surface area contributed by atoms with Crippen LogP contribution in [0.5, 0.6) is 0 Å². The number of hydrogen-bond donors (Lipinski definition) is 1. The smallest absolute Gasteiger partial charge is 0.123 e. The van der Waals surface area contributed by atoms with Crippen LogP contribution in [-0.2, 0) is 0 Å². The second kappa shape index (κ2) is 7.07. The van der Waals surface area contributed by atoms with Gasteiger partial charge in [-0.3, -0.25) is 5.43 Å². The maximum atomic E-state index is 12.8. The molecule has 0 bridgehead atoms. The summed E-state index contributed by atoms with van der Waals surface area (Å²) in [5.41, 5.74) is 5.98. The largest absolute Gasteiger partial charge is 0.372 e.